The van der Waals surface area contributed by atoms with Gasteiger partial charge in [-0.25, -0.2) is 9.59 Å². The third-order valence-corrected chi connectivity index (χ3v) is 4.63. The van der Waals surface area contributed by atoms with Crippen LogP contribution in [0.3, 0.4) is 0 Å². The number of ketones is 1. The third kappa shape index (κ3) is 8.63. The van der Waals surface area contributed by atoms with Crippen molar-refractivity contribution >= 4 is 11.9 Å². The van der Waals surface area contributed by atoms with Gasteiger partial charge in [-0.15, -0.1) is 0 Å². The van der Waals surface area contributed by atoms with E-state index in [0.717, 1.165) is 6.07 Å². The minimum Gasteiger partial charge on any atom is -0.507 e. The van der Waals surface area contributed by atoms with Gasteiger partial charge in [-0.3, -0.25) is 4.79 Å². The number of allylic oxidation sites excluding steroid dienone is 5. The summed E-state index contributed by atoms with van der Waals surface area (Å²) in [5.41, 5.74) is -3.38. The Balaban J connectivity index is 3.12. The SMILES string of the molecule is CCC/C(C)=C/C=C(\C(=O)c1c(O)cc(C(C)CC/C=C/OC(=O)NC)oc1=O)C(F)(F)F. The van der Waals surface area contributed by atoms with Crippen LogP contribution in [-0.4, -0.2) is 30.2 Å². The number of aromatic hydroxyl groups is 1. The van der Waals surface area contributed by atoms with Crippen molar-refractivity contribution in [2.24, 2.45) is 0 Å². The van der Waals surface area contributed by atoms with Crippen molar-refractivity contribution < 1.29 is 37.0 Å². The number of carbonyl (C=O) groups excluding carboxylic acids is 2. The number of ether oxygens (including phenoxy) is 1. The first-order valence-electron chi connectivity index (χ1n) is 10.3. The highest BCUT2D eigenvalue weighted by Gasteiger charge is 2.40. The molecule has 1 atom stereocenters. The van der Waals surface area contributed by atoms with E-state index in [1.807, 2.05) is 6.92 Å². The van der Waals surface area contributed by atoms with E-state index in [1.54, 1.807) is 19.9 Å². The maximum Gasteiger partial charge on any atom is 0.420 e. The molecule has 2 N–H and O–H groups in total. The maximum atomic E-state index is 13.5. The van der Waals surface area contributed by atoms with Gasteiger partial charge in [0.15, 0.2) is 0 Å². The van der Waals surface area contributed by atoms with Gasteiger partial charge in [0, 0.05) is 19.0 Å². The second-order valence-electron chi connectivity index (χ2n) is 7.37. The Morgan fingerprint density at radius 3 is 2.52 bits per heavy atom. The summed E-state index contributed by atoms with van der Waals surface area (Å²) in [6.45, 7) is 5.15. The number of alkyl halides is 3. The Labute approximate surface area is 189 Å². The highest BCUT2D eigenvalue weighted by molar-refractivity contribution is 6.11. The van der Waals surface area contributed by atoms with Crippen LogP contribution in [0.4, 0.5) is 18.0 Å². The molecule has 7 nitrogen and oxygen atoms in total. The first-order chi connectivity index (χ1) is 15.4. The smallest absolute Gasteiger partial charge is 0.420 e. The van der Waals surface area contributed by atoms with E-state index < -0.39 is 46.5 Å². The molecule has 0 fully saturated rings. The summed E-state index contributed by atoms with van der Waals surface area (Å²) < 4.78 is 50.1. The molecule has 0 radical (unpaired) electrons. The van der Waals surface area contributed by atoms with Gasteiger partial charge in [0.25, 0.3) is 0 Å². The Hall–Kier alpha value is -3.30. The van der Waals surface area contributed by atoms with E-state index in [4.69, 9.17) is 4.42 Å². The number of carbonyl (C=O) groups is 2. The minimum absolute atomic E-state index is 0.00546. The predicted molar refractivity (Wildman–Crippen MR) is 116 cm³/mol. The highest BCUT2D eigenvalue weighted by Crippen LogP contribution is 2.32. The van der Waals surface area contributed by atoms with Crippen molar-refractivity contribution in [2.45, 2.75) is 58.5 Å². The predicted octanol–water partition coefficient (Wildman–Crippen LogP) is 5.52. The van der Waals surface area contributed by atoms with Gasteiger partial charge >= 0.3 is 17.9 Å². The molecule has 0 aromatic carbocycles. The van der Waals surface area contributed by atoms with Crippen LogP contribution in [0.2, 0.25) is 0 Å². The number of alkyl carbamates (subject to hydrolysis) is 1. The lowest BCUT2D eigenvalue weighted by atomic mass is 9.99. The lowest BCUT2D eigenvalue weighted by molar-refractivity contribution is -0.0887. The molecule has 1 rings (SSSR count). The molecule has 182 valence electrons. The molecule has 1 heterocycles. The van der Waals surface area contributed by atoms with Gasteiger partial charge in [-0.05, 0) is 38.3 Å². The zero-order valence-corrected chi connectivity index (χ0v) is 18.9. The fourth-order valence-corrected chi connectivity index (χ4v) is 2.81. The monoisotopic (exact) mass is 471 g/mol. The van der Waals surface area contributed by atoms with Gasteiger partial charge in [0.1, 0.15) is 22.6 Å². The Bertz CT molecular complexity index is 989. The molecule has 0 aliphatic carbocycles. The second-order valence-corrected chi connectivity index (χ2v) is 7.37. The molecule has 33 heavy (non-hydrogen) atoms. The lowest BCUT2D eigenvalue weighted by Crippen LogP contribution is -2.25. The number of nitrogens with one attached hydrogen (secondary N) is 1. The first kappa shape index (κ1) is 27.7. The van der Waals surface area contributed by atoms with Crippen LogP contribution in [0.25, 0.3) is 0 Å². The zero-order valence-electron chi connectivity index (χ0n) is 18.9. The van der Waals surface area contributed by atoms with Gasteiger partial charge in [0.2, 0.25) is 5.78 Å². The molecular weight excluding hydrogens is 443 g/mol. The van der Waals surface area contributed by atoms with Crippen molar-refractivity contribution in [3.63, 3.8) is 0 Å². The molecule has 1 amide bonds. The third-order valence-electron chi connectivity index (χ3n) is 4.63. The average Bonchev–Trinajstić information content (AvgIpc) is 2.71. The lowest BCUT2D eigenvalue weighted by Gasteiger charge is -2.13. The molecule has 10 heteroatoms. The number of Topliss-reactive ketones (excluding diaryl/α,β-unsaturated/α-hetero) is 1. The van der Waals surface area contributed by atoms with Crippen LogP contribution < -0.4 is 10.9 Å². The summed E-state index contributed by atoms with van der Waals surface area (Å²) in [5.74, 6) is -2.97. The van der Waals surface area contributed by atoms with Gasteiger partial charge in [-0.2, -0.15) is 13.2 Å². The normalized spacial score (nSPS) is 13.8. The number of halogens is 3. The number of rotatable bonds is 10. The van der Waals surface area contributed by atoms with E-state index in [9.17, 15) is 32.7 Å². The quantitative estimate of drug-likeness (QED) is 0.202. The molecule has 0 aliphatic rings. The van der Waals surface area contributed by atoms with Crippen molar-refractivity contribution in [1.82, 2.24) is 5.32 Å². The van der Waals surface area contributed by atoms with E-state index >= 15 is 0 Å². The molecule has 1 unspecified atom stereocenters. The maximum absolute atomic E-state index is 13.5. The Morgan fingerprint density at radius 2 is 1.97 bits per heavy atom. The van der Waals surface area contributed by atoms with Gasteiger partial charge in [0.05, 0.1) is 6.26 Å². The molecular formula is C23H28F3NO6. The van der Waals surface area contributed by atoms with Crippen molar-refractivity contribution in [2.75, 3.05) is 7.05 Å². The largest absolute Gasteiger partial charge is 0.507 e. The minimum atomic E-state index is -5.03. The van der Waals surface area contributed by atoms with Crippen LogP contribution in [0.15, 0.2) is 50.9 Å². The Morgan fingerprint density at radius 1 is 1.30 bits per heavy atom. The number of hydrogen-bond donors (Lipinski definition) is 2. The fourth-order valence-electron chi connectivity index (χ4n) is 2.81. The van der Waals surface area contributed by atoms with Crippen LogP contribution in [0, 0.1) is 0 Å². The number of amides is 1. The van der Waals surface area contributed by atoms with Crippen LogP contribution >= 0.6 is 0 Å². The molecule has 0 aliphatic heterocycles. The molecule has 1 aromatic rings. The van der Waals surface area contributed by atoms with Crippen molar-refractivity contribution in [1.29, 1.82) is 0 Å². The van der Waals surface area contributed by atoms with Crippen molar-refractivity contribution in [3.05, 3.63) is 63.4 Å². The topological polar surface area (TPSA) is 106 Å². The molecule has 1 aromatic heterocycles. The van der Waals surface area contributed by atoms with Crippen LogP contribution in [0.5, 0.6) is 5.75 Å². The van der Waals surface area contributed by atoms with E-state index in [0.29, 0.717) is 37.3 Å². The highest BCUT2D eigenvalue weighted by atomic mass is 19.4. The fraction of sp³-hybridized carbons (Fsp3) is 0.435. The molecule has 0 saturated carbocycles. The summed E-state index contributed by atoms with van der Waals surface area (Å²) >= 11 is 0. The summed E-state index contributed by atoms with van der Waals surface area (Å²) in [7, 11) is 1.40. The van der Waals surface area contributed by atoms with Crippen molar-refractivity contribution in [3.8, 4) is 5.75 Å². The van der Waals surface area contributed by atoms with Gasteiger partial charge < -0.3 is 19.6 Å². The van der Waals surface area contributed by atoms with E-state index in [2.05, 4.69) is 10.1 Å². The number of hydrogen-bond acceptors (Lipinski definition) is 6. The summed E-state index contributed by atoms with van der Waals surface area (Å²) in [6.07, 6.45) is 0.906. The van der Waals surface area contributed by atoms with Crippen LogP contribution in [-0.2, 0) is 4.74 Å². The van der Waals surface area contributed by atoms with E-state index in [-0.39, 0.29) is 5.76 Å². The summed E-state index contributed by atoms with van der Waals surface area (Å²) in [4.78, 5) is 35.8. The second kappa shape index (κ2) is 12.7. The van der Waals surface area contributed by atoms with Gasteiger partial charge in [-0.1, -0.05) is 31.9 Å². The van der Waals surface area contributed by atoms with Crippen LogP contribution in [0.1, 0.15) is 68.5 Å². The Kier molecular flexibility index (Phi) is 10.6. The molecule has 0 bridgehead atoms. The summed E-state index contributed by atoms with van der Waals surface area (Å²) in [6, 6.07) is 0.968. The standard InChI is InChI=1S/C23H28F3NO6/c1-5-8-14(2)10-11-16(23(24,25)26)20(29)19-17(28)13-18(33-21(19)30)15(3)9-6-7-12-32-22(31)27-4/h7,10-13,15,28H,5-6,8-9H2,1-4H3,(H,27,31)/b12-7+,14-10+,16-11+. The first-order valence-corrected chi connectivity index (χ1v) is 10.3. The molecule has 0 spiro atoms. The summed E-state index contributed by atoms with van der Waals surface area (Å²) in [5, 5.41) is 12.5. The average molecular weight is 471 g/mol. The zero-order chi connectivity index (χ0) is 25.2. The van der Waals surface area contributed by atoms with E-state index in [1.165, 1.54) is 19.4 Å². The molecule has 0 saturated heterocycles.